The molecule has 2 rings (SSSR count). The third-order valence-electron chi connectivity index (χ3n) is 4.04. The zero-order valence-corrected chi connectivity index (χ0v) is 11.4. The topological polar surface area (TPSA) is 45.1 Å². The lowest BCUT2D eigenvalue weighted by molar-refractivity contribution is 0.279. The van der Waals surface area contributed by atoms with Crippen molar-refractivity contribution < 1.29 is 5.11 Å². The van der Waals surface area contributed by atoms with Crippen LogP contribution in [0.25, 0.3) is 0 Å². The Kier molecular flexibility index (Phi) is 4.59. The van der Waals surface area contributed by atoms with E-state index < -0.39 is 0 Å². The summed E-state index contributed by atoms with van der Waals surface area (Å²) in [7, 11) is 0. The lowest BCUT2D eigenvalue weighted by atomic mass is 9.84. The number of hydrogen-bond acceptors (Lipinski definition) is 3. The standard InChI is InChI=1S/C15H24N2O/c1-11-8-9-15(18)14(17-11)10-16-12(2)13-6-4-3-5-7-13/h8-9,12-13,16,18H,3-7,10H2,1-2H3/t12-/m1/s1. The number of aromatic hydroxyl groups is 1. The van der Waals surface area contributed by atoms with E-state index in [2.05, 4.69) is 17.2 Å². The number of nitrogens with zero attached hydrogens (tertiary/aromatic N) is 1. The number of rotatable bonds is 4. The van der Waals surface area contributed by atoms with Gasteiger partial charge in [-0.2, -0.15) is 0 Å². The molecule has 1 aliphatic carbocycles. The Morgan fingerprint density at radius 2 is 2.06 bits per heavy atom. The van der Waals surface area contributed by atoms with Crippen LogP contribution < -0.4 is 5.32 Å². The highest BCUT2D eigenvalue weighted by Crippen LogP contribution is 2.26. The van der Waals surface area contributed by atoms with E-state index in [9.17, 15) is 5.11 Å². The van der Waals surface area contributed by atoms with Gasteiger partial charge in [-0.05, 0) is 44.7 Å². The predicted octanol–water partition coefficient (Wildman–Crippen LogP) is 3.15. The Morgan fingerprint density at radius 1 is 1.33 bits per heavy atom. The summed E-state index contributed by atoms with van der Waals surface area (Å²) < 4.78 is 0. The summed E-state index contributed by atoms with van der Waals surface area (Å²) in [4.78, 5) is 4.38. The van der Waals surface area contributed by atoms with Gasteiger partial charge in [0.15, 0.2) is 0 Å². The second-order valence-electron chi connectivity index (χ2n) is 5.49. The van der Waals surface area contributed by atoms with Crippen LogP contribution in [0.2, 0.25) is 0 Å². The molecule has 0 saturated heterocycles. The lowest BCUT2D eigenvalue weighted by Gasteiger charge is -2.28. The Balaban J connectivity index is 1.88. The van der Waals surface area contributed by atoms with Crippen LogP contribution >= 0.6 is 0 Å². The second kappa shape index (κ2) is 6.19. The molecule has 0 amide bonds. The molecule has 3 nitrogen and oxygen atoms in total. The van der Waals surface area contributed by atoms with E-state index in [0.717, 1.165) is 17.3 Å². The van der Waals surface area contributed by atoms with Gasteiger partial charge in [0.1, 0.15) is 5.75 Å². The van der Waals surface area contributed by atoms with E-state index in [-0.39, 0.29) is 0 Å². The summed E-state index contributed by atoms with van der Waals surface area (Å²) in [6, 6.07) is 4.07. The Morgan fingerprint density at radius 3 is 2.78 bits per heavy atom. The third-order valence-corrected chi connectivity index (χ3v) is 4.04. The molecule has 1 fully saturated rings. The summed E-state index contributed by atoms with van der Waals surface area (Å²) in [5.41, 5.74) is 1.72. The zero-order valence-electron chi connectivity index (χ0n) is 11.4. The van der Waals surface area contributed by atoms with Crippen LogP contribution in [0.3, 0.4) is 0 Å². The van der Waals surface area contributed by atoms with Gasteiger partial charge < -0.3 is 10.4 Å². The van der Waals surface area contributed by atoms with Crippen molar-refractivity contribution in [2.24, 2.45) is 5.92 Å². The molecule has 1 atom stereocenters. The van der Waals surface area contributed by atoms with Crippen LogP contribution in [0.15, 0.2) is 12.1 Å². The maximum absolute atomic E-state index is 9.76. The molecule has 0 radical (unpaired) electrons. The average Bonchev–Trinajstić information content (AvgIpc) is 2.40. The minimum atomic E-state index is 0.295. The summed E-state index contributed by atoms with van der Waals surface area (Å²) in [5, 5.41) is 13.3. The van der Waals surface area contributed by atoms with Crippen LogP contribution in [-0.4, -0.2) is 16.1 Å². The van der Waals surface area contributed by atoms with Gasteiger partial charge in [-0.25, -0.2) is 0 Å². The normalized spacial score (nSPS) is 18.8. The van der Waals surface area contributed by atoms with Gasteiger partial charge >= 0.3 is 0 Å². The van der Waals surface area contributed by atoms with Crippen LogP contribution in [0.4, 0.5) is 0 Å². The first-order chi connectivity index (χ1) is 8.66. The molecule has 1 saturated carbocycles. The van der Waals surface area contributed by atoms with Gasteiger partial charge in [0.2, 0.25) is 0 Å². The van der Waals surface area contributed by atoms with E-state index in [4.69, 9.17) is 0 Å². The fourth-order valence-corrected chi connectivity index (χ4v) is 2.79. The van der Waals surface area contributed by atoms with Crippen molar-refractivity contribution in [3.8, 4) is 5.75 Å². The summed E-state index contributed by atoms with van der Waals surface area (Å²) in [5.74, 6) is 1.08. The minimum Gasteiger partial charge on any atom is -0.506 e. The van der Waals surface area contributed by atoms with Gasteiger partial charge in [-0.15, -0.1) is 0 Å². The fourth-order valence-electron chi connectivity index (χ4n) is 2.79. The molecule has 18 heavy (non-hydrogen) atoms. The monoisotopic (exact) mass is 248 g/mol. The molecule has 0 spiro atoms. The molecular weight excluding hydrogens is 224 g/mol. The van der Waals surface area contributed by atoms with E-state index in [1.54, 1.807) is 6.07 Å². The SMILES string of the molecule is Cc1ccc(O)c(CN[C@H](C)C2CCCCC2)n1. The van der Waals surface area contributed by atoms with Gasteiger partial charge in [-0.1, -0.05) is 19.3 Å². The lowest BCUT2D eigenvalue weighted by Crippen LogP contribution is -2.34. The molecule has 0 aliphatic heterocycles. The highest BCUT2D eigenvalue weighted by atomic mass is 16.3. The van der Waals surface area contributed by atoms with Gasteiger partial charge in [0.25, 0.3) is 0 Å². The first kappa shape index (κ1) is 13.3. The van der Waals surface area contributed by atoms with Crippen molar-refractivity contribution in [3.63, 3.8) is 0 Å². The highest BCUT2D eigenvalue weighted by Gasteiger charge is 2.19. The van der Waals surface area contributed by atoms with E-state index >= 15 is 0 Å². The number of nitrogens with one attached hydrogen (secondary N) is 1. The molecule has 0 aromatic carbocycles. The largest absolute Gasteiger partial charge is 0.506 e. The smallest absolute Gasteiger partial charge is 0.138 e. The molecule has 1 aliphatic rings. The summed E-state index contributed by atoms with van der Waals surface area (Å²) in [6.45, 7) is 4.86. The molecular formula is C15H24N2O. The van der Waals surface area contributed by atoms with E-state index in [1.165, 1.54) is 32.1 Å². The third kappa shape index (κ3) is 3.45. The predicted molar refractivity (Wildman–Crippen MR) is 73.5 cm³/mol. The number of pyridine rings is 1. The Bertz CT molecular complexity index is 386. The highest BCUT2D eigenvalue weighted by molar-refractivity contribution is 5.27. The van der Waals surface area contributed by atoms with E-state index in [0.29, 0.717) is 18.3 Å². The first-order valence-electron chi connectivity index (χ1n) is 7.05. The molecule has 0 unspecified atom stereocenters. The van der Waals surface area contributed by atoms with Gasteiger partial charge in [0.05, 0.1) is 5.69 Å². The minimum absolute atomic E-state index is 0.295. The molecule has 3 heteroatoms. The molecule has 1 heterocycles. The zero-order chi connectivity index (χ0) is 13.0. The Labute approximate surface area is 110 Å². The van der Waals surface area contributed by atoms with Crippen molar-refractivity contribution in [2.45, 2.75) is 58.5 Å². The van der Waals surface area contributed by atoms with Crippen molar-refractivity contribution in [1.82, 2.24) is 10.3 Å². The summed E-state index contributed by atoms with van der Waals surface area (Å²) in [6.07, 6.45) is 6.79. The molecule has 2 N–H and O–H groups in total. The quantitative estimate of drug-likeness (QED) is 0.860. The van der Waals surface area contributed by atoms with E-state index in [1.807, 2.05) is 13.0 Å². The van der Waals surface area contributed by atoms with Crippen molar-refractivity contribution >= 4 is 0 Å². The van der Waals surface area contributed by atoms with Crippen molar-refractivity contribution in [2.75, 3.05) is 0 Å². The number of hydrogen-bond donors (Lipinski definition) is 2. The maximum Gasteiger partial charge on any atom is 0.138 e. The molecule has 0 bridgehead atoms. The molecule has 100 valence electrons. The maximum atomic E-state index is 9.76. The fraction of sp³-hybridized carbons (Fsp3) is 0.667. The number of aryl methyl sites for hydroxylation is 1. The molecule has 1 aromatic heterocycles. The van der Waals surface area contributed by atoms with Crippen molar-refractivity contribution in [1.29, 1.82) is 0 Å². The second-order valence-corrected chi connectivity index (χ2v) is 5.49. The van der Waals surface area contributed by atoms with Crippen LogP contribution in [0, 0.1) is 12.8 Å². The first-order valence-corrected chi connectivity index (χ1v) is 7.05. The number of aromatic nitrogens is 1. The van der Waals surface area contributed by atoms with Gasteiger partial charge in [0, 0.05) is 18.3 Å². The van der Waals surface area contributed by atoms with Crippen LogP contribution in [0.5, 0.6) is 5.75 Å². The molecule has 1 aromatic rings. The van der Waals surface area contributed by atoms with Crippen LogP contribution in [-0.2, 0) is 6.54 Å². The summed E-state index contributed by atoms with van der Waals surface area (Å²) >= 11 is 0. The van der Waals surface area contributed by atoms with Gasteiger partial charge in [-0.3, -0.25) is 4.98 Å². The average molecular weight is 248 g/mol. The van der Waals surface area contributed by atoms with Crippen molar-refractivity contribution in [3.05, 3.63) is 23.5 Å². The Hall–Kier alpha value is -1.09. The van der Waals surface area contributed by atoms with Crippen LogP contribution in [0.1, 0.15) is 50.4 Å².